The van der Waals surface area contributed by atoms with Crippen LogP contribution in [0.25, 0.3) is 6.08 Å². The number of phenolic OH excluding ortho intramolecular Hbond substituents is 1. The molecule has 3 N–H and O–H groups in total. The summed E-state index contributed by atoms with van der Waals surface area (Å²) in [5.74, 6) is -1.25. The van der Waals surface area contributed by atoms with Crippen molar-refractivity contribution in [3.63, 3.8) is 0 Å². The van der Waals surface area contributed by atoms with Crippen LogP contribution in [-0.2, 0) is 0 Å². The topological polar surface area (TPSA) is 55.5 Å². The van der Waals surface area contributed by atoms with Gasteiger partial charge < -0.3 is 15.6 Å². The molecule has 0 saturated heterocycles. The molecule has 1 rings (SSSR count). The van der Waals surface area contributed by atoms with Gasteiger partial charge in [-0.3, -0.25) is 0 Å². The fourth-order valence-electron chi connectivity index (χ4n) is 1.12. The van der Waals surface area contributed by atoms with Gasteiger partial charge in [0.25, 0.3) is 0 Å². The van der Waals surface area contributed by atoms with Gasteiger partial charge in [-0.15, -0.1) is 0 Å². The number of benzene rings is 1. The lowest BCUT2D eigenvalue weighted by Crippen LogP contribution is -1.94. The normalized spacial score (nSPS) is 10.9. The van der Waals surface area contributed by atoms with Gasteiger partial charge in [0, 0.05) is 12.1 Å². The molecule has 0 radical (unpaired) electrons. The molecule has 82 valence electrons. The van der Waals surface area contributed by atoms with Crippen molar-refractivity contribution in [2.24, 2.45) is 5.73 Å². The molecule has 15 heavy (non-hydrogen) atoms. The number of methoxy groups -OCH3 is 1. The summed E-state index contributed by atoms with van der Waals surface area (Å²) in [6.07, 6.45) is 3.16. The van der Waals surface area contributed by atoms with Crippen LogP contribution in [0.4, 0.5) is 4.39 Å². The second kappa shape index (κ2) is 5.14. The molecule has 5 heteroatoms. The minimum absolute atomic E-state index is 0.0163. The minimum Gasteiger partial charge on any atom is -0.504 e. The predicted molar refractivity (Wildman–Crippen MR) is 60.4 cm³/mol. The maximum absolute atomic E-state index is 13.5. The van der Waals surface area contributed by atoms with Gasteiger partial charge in [-0.2, -0.15) is 4.39 Å². The average Bonchev–Trinajstić information content (AvgIpc) is 2.22. The molecule has 0 spiro atoms. The van der Waals surface area contributed by atoms with Crippen molar-refractivity contribution in [3.05, 3.63) is 28.0 Å². The maximum Gasteiger partial charge on any atom is 0.208 e. The molecule has 0 amide bonds. The van der Waals surface area contributed by atoms with E-state index < -0.39 is 11.6 Å². The first-order valence-corrected chi connectivity index (χ1v) is 5.02. The van der Waals surface area contributed by atoms with E-state index in [9.17, 15) is 9.50 Å². The highest BCUT2D eigenvalue weighted by atomic mass is 79.9. The highest BCUT2D eigenvalue weighted by Gasteiger charge is 2.15. The first-order valence-electron chi connectivity index (χ1n) is 4.23. The smallest absolute Gasteiger partial charge is 0.208 e. The molecule has 0 saturated carbocycles. The average molecular weight is 276 g/mol. The first kappa shape index (κ1) is 12.0. The summed E-state index contributed by atoms with van der Waals surface area (Å²) in [6.45, 7) is 0.324. The molecule has 0 aliphatic carbocycles. The molecule has 0 aromatic heterocycles. The number of ether oxygens (including phenoxy) is 1. The Kier molecular flexibility index (Phi) is 4.11. The van der Waals surface area contributed by atoms with Crippen molar-refractivity contribution >= 4 is 22.0 Å². The molecule has 0 atom stereocenters. The third-order valence-electron chi connectivity index (χ3n) is 1.82. The van der Waals surface area contributed by atoms with E-state index in [0.29, 0.717) is 16.6 Å². The second-order valence-corrected chi connectivity index (χ2v) is 3.64. The predicted octanol–water partition coefficient (Wildman–Crippen LogP) is 2.27. The Balaban J connectivity index is 3.27. The third kappa shape index (κ3) is 2.49. The van der Waals surface area contributed by atoms with Crippen molar-refractivity contribution in [1.29, 1.82) is 0 Å². The van der Waals surface area contributed by atoms with Crippen LogP contribution in [0.3, 0.4) is 0 Å². The monoisotopic (exact) mass is 275 g/mol. The Morgan fingerprint density at radius 2 is 2.33 bits per heavy atom. The minimum atomic E-state index is -0.788. The van der Waals surface area contributed by atoms with Crippen molar-refractivity contribution < 1.29 is 14.2 Å². The van der Waals surface area contributed by atoms with Gasteiger partial charge in [-0.1, -0.05) is 12.2 Å². The maximum atomic E-state index is 13.5. The summed E-state index contributed by atoms with van der Waals surface area (Å²) in [6, 6.07) is 1.56. The Labute approximate surface area is 95.5 Å². The number of rotatable bonds is 3. The van der Waals surface area contributed by atoms with Crippen LogP contribution in [0.1, 0.15) is 5.56 Å². The first-order chi connectivity index (χ1) is 7.11. The zero-order valence-corrected chi connectivity index (χ0v) is 9.71. The molecular weight excluding hydrogens is 265 g/mol. The van der Waals surface area contributed by atoms with Crippen LogP contribution < -0.4 is 10.5 Å². The van der Waals surface area contributed by atoms with Crippen LogP contribution in [0.5, 0.6) is 11.5 Å². The van der Waals surface area contributed by atoms with Gasteiger partial charge in [0.15, 0.2) is 11.5 Å². The highest BCUT2D eigenvalue weighted by molar-refractivity contribution is 9.10. The van der Waals surface area contributed by atoms with Crippen molar-refractivity contribution in [2.75, 3.05) is 13.7 Å². The van der Waals surface area contributed by atoms with Gasteiger partial charge in [-0.25, -0.2) is 0 Å². The number of aromatic hydroxyl groups is 1. The quantitative estimate of drug-likeness (QED) is 0.890. The molecule has 0 heterocycles. The fourth-order valence-corrected chi connectivity index (χ4v) is 1.70. The summed E-state index contributed by atoms with van der Waals surface area (Å²) in [4.78, 5) is 0. The standard InChI is InChI=1S/C10H11BrFNO2/c1-15-10-7(11)5-6(3-2-4-13)9(14)8(10)12/h2-3,5,14H,4,13H2,1H3/b3-2+. The van der Waals surface area contributed by atoms with Crippen LogP contribution in [-0.4, -0.2) is 18.8 Å². The van der Waals surface area contributed by atoms with Gasteiger partial charge in [0.05, 0.1) is 11.6 Å². The van der Waals surface area contributed by atoms with Crippen LogP contribution >= 0.6 is 15.9 Å². The number of phenols is 1. The molecule has 0 unspecified atom stereocenters. The number of hydrogen-bond acceptors (Lipinski definition) is 3. The molecule has 0 aliphatic rings. The molecule has 1 aromatic carbocycles. The summed E-state index contributed by atoms with van der Waals surface area (Å²) in [7, 11) is 1.33. The Hall–Kier alpha value is -1.07. The summed E-state index contributed by atoms with van der Waals surface area (Å²) in [5, 5.41) is 9.49. The number of hydrogen-bond donors (Lipinski definition) is 2. The lowest BCUT2D eigenvalue weighted by Gasteiger charge is -2.08. The molecule has 1 aromatic rings. The lowest BCUT2D eigenvalue weighted by atomic mass is 10.1. The largest absolute Gasteiger partial charge is 0.504 e. The second-order valence-electron chi connectivity index (χ2n) is 2.78. The fraction of sp³-hybridized carbons (Fsp3) is 0.200. The van der Waals surface area contributed by atoms with Crippen LogP contribution in [0.2, 0.25) is 0 Å². The Bertz CT molecular complexity index is 393. The van der Waals surface area contributed by atoms with E-state index in [2.05, 4.69) is 15.9 Å². The Morgan fingerprint density at radius 1 is 1.67 bits per heavy atom. The SMILES string of the molecule is COc1c(Br)cc(/C=C/CN)c(O)c1F. The molecule has 0 fully saturated rings. The molecule has 3 nitrogen and oxygen atoms in total. The summed E-state index contributed by atoms with van der Waals surface area (Å²) >= 11 is 3.14. The third-order valence-corrected chi connectivity index (χ3v) is 2.41. The zero-order valence-electron chi connectivity index (χ0n) is 8.13. The van der Waals surface area contributed by atoms with Crippen molar-refractivity contribution in [2.45, 2.75) is 0 Å². The van der Waals surface area contributed by atoms with Gasteiger partial charge in [0.1, 0.15) is 0 Å². The molecule has 0 bridgehead atoms. The summed E-state index contributed by atoms with van der Waals surface area (Å²) in [5.41, 5.74) is 5.61. The van der Waals surface area contributed by atoms with E-state index in [1.807, 2.05) is 0 Å². The van der Waals surface area contributed by atoms with E-state index in [-0.39, 0.29) is 5.75 Å². The highest BCUT2D eigenvalue weighted by Crippen LogP contribution is 2.36. The van der Waals surface area contributed by atoms with E-state index in [0.717, 1.165) is 0 Å². The van der Waals surface area contributed by atoms with E-state index in [1.54, 1.807) is 18.2 Å². The Morgan fingerprint density at radius 3 is 2.87 bits per heavy atom. The van der Waals surface area contributed by atoms with Crippen molar-refractivity contribution in [3.8, 4) is 11.5 Å². The van der Waals surface area contributed by atoms with Gasteiger partial charge >= 0.3 is 0 Å². The number of nitrogens with two attached hydrogens (primary N) is 1. The van der Waals surface area contributed by atoms with Crippen LogP contribution in [0.15, 0.2) is 16.6 Å². The van der Waals surface area contributed by atoms with Gasteiger partial charge in [-0.05, 0) is 22.0 Å². The lowest BCUT2D eigenvalue weighted by molar-refractivity contribution is 0.361. The number of halogens is 2. The van der Waals surface area contributed by atoms with Crippen LogP contribution in [0, 0.1) is 5.82 Å². The van der Waals surface area contributed by atoms with E-state index >= 15 is 0 Å². The van der Waals surface area contributed by atoms with E-state index in [4.69, 9.17) is 10.5 Å². The van der Waals surface area contributed by atoms with E-state index in [1.165, 1.54) is 7.11 Å². The van der Waals surface area contributed by atoms with Crippen molar-refractivity contribution in [1.82, 2.24) is 0 Å². The van der Waals surface area contributed by atoms with Gasteiger partial charge in [0.2, 0.25) is 5.82 Å². The zero-order chi connectivity index (χ0) is 11.4. The molecular formula is C10H11BrFNO2. The molecule has 0 aliphatic heterocycles. The summed E-state index contributed by atoms with van der Waals surface area (Å²) < 4.78 is 18.7.